The third kappa shape index (κ3) is 2.82. The van der Waals surface area contributed by atoms with Crippen molar-refractivity contribution in [1.29, 1.82) is 0 Å². The number of aromatic nitrogens is 1. The molecule has 4 nitrogen and oxygen atoms in total. The summed E-state index contributed by atoms with van der Waals surface area (Å²) in [7, 11) is 0. The number of rotatable bonds is 2. The first-order chi connectivity index (χ1) is 8.59. The topological polar surface area (TPSA) is 59.2 Å². The minimum absolute atomic E-state index is 0.0125. The van der Waals surface area contributed by atoms with Crippen molar-refractivity contribution in [3.63, 3.8) is 0 Å². The van der Waals surface area contributed by atoms with Crippen LogP contribution in [0.4, 0.5) is 0 Å². The number of hydrogen-bond acceptors (Lipinski definition) is 3. The normalized spacial score (nSPS) is 21.7. The second kappa shape index (κ2) is 5.67. The third-order valence-corrected chi connectivity index (χ3v) is 3.59. The van der Waals surface area contributed by atoms with Gasteiger partial charge in [-0.05, 0) is 38.3 Å². The maximum Gasteiger partial charge on any atom is 0.272 e. The van der Waals surface area contributed by atoms with E-state index < -0.39 is 0 Å². The van der Waals surface area contributed by atoms with Crippen molar-refractivity contribution < 1.29 is 4.79 Å². The van der Waals surface area contributed by atoms with E-state index in [1.165, 1.54) is 6.20 Å². The standard InChI is InChI=1S/C13H18ClN3O/c1-9(15)12-4-2-3-7-17(12)13(18)11-6-5-10(14)8-16-11/h5-6,8-9,12H,2-4,7,15H2,1H3/t9-,12+/m1/s1. The van der Waals surface area contributed by atoms with Gasteiger partial charge in [0.15, 0.2) is 0 Å². The summed E-state index contributed by atoms with van der Waals surface area (Å²) in [5, 5.41) is 0.536. The Labute approximate surface area is 112 Å². The number of nitrogens with zero attached hydrogens (tertiary/aromatic N) is 2. The van der Waals surface area contributed by atoms with Crippen LogP contribution in [0, 0.1) is 0 Å². The number of pyridine rings is 1. The Hall–Kier alpha value is -1.13. The van der Waals surface area contributed by atoms with E-state index in [-0.39, 0.29) is 18.0 Å². The van der Waals surface area contributed by atoms with Crippen LogP contribution in [0.2, 0.25) is 5.02 Å². The molecule has 0 unspecified atom stereocenters. The summed E-state index contributed by atoms with van der Waals surface area (Å²) in [5.74, 6) is -0.0475. The highest BCUT2D eigenvalue weighted by atomic mass is 35.5. The molecule has 98 valence electrons. The molecule has 1 aliphatic heterocycles. The second-order valence-electron chi connectivity index (χ2n) is 4.78. The van der Waals surface area contributed by atoms with Gasteiger partial charge in [0.2, 0.25) is 0 Å². The molecule has 5 heteroatoms. The summed E-state index contributed by atoms with van der Waals surface area (Å²) >= 11 is 5.77. The van der Waals surface area contributed by atoms with Gasteiger partial charge in [0.05, 0.1) is 5.02 Å². The Kier molecular flexibility index (Phi) is 4.19. The zero-order valence-corrected chi connectivity index (χ0v) is 11.2. The molecule has 1 aromatic heterocycles. The molecule has 2 atom stereocenters. The maximum absolute atomic E-state index is 12.4. The van der Waals surface area contributed by atoms with Crippen LogP contribution < -0.4 is 5.73 Å². The van der Waals surface area contributed by atoms with Gasteiger partial charge in [0, 0.05) is 24.8 Å². The van der Waals surface area contributed by atoms with Crippen LogP contribution >= 0.6 is 11.6 Å². The monoisotopic (exact) mass is 267 g/mol. The number of hydrogen-bond donors (Lipinski definition) is 1. The summed E-state index contributed by atoms with van der Waals surface area (Å²) in [6.07, 6.45) is 4.63. The molecule has 0 aromatic carbocycles. The summed E-state index contributed by atoms with van der Waals surface area (Å²) in [5.41, 5.74) is 6.40. The first kappa shape index (κ1) is 13.3. The minimum atomic E-state index is -0.0475. The van der Waals surface area contributed by atoms with Gasteiger partial charge < -0.3 is 10.6 Å². The Morgan fingerprint density at radius 3 is 2.94 bits per heavy atom. The van der Waals surface area contributed by atoms with E-state index in [4.69, 9.17) is 17.3 Å². The quantitative estimate of drug-likeness (QED) is 0.892. The van der Waals surface area contributed by atoms with Gasteiger partial charge in [0.1, 0.15) is 5.69 Å². The predicted molar refractivity (Wildman–Crippen MR) is 71.6 cm³/mol. The van der Waals surface area contributed by atoms with E-state index in [2.05, 4.69) is 4.98 Å². The molecule has 1 amide bonds. The fourth-order valence-electron chi connectivity index (χ4n) is 2.41. The lowest BCUT2D eigenvalue weighted by Gasteiger charge is -2.37. The molecular formula is C13H18ClN3O. The van der Waals surface area contributed by atoms with Crippen molar-refractivity contribution in [3.05, 3.63) is 29.0 Å². The van der Waals surface area contributed by atoms with Crippen LogP contribution in [-0.4, -0.2) is 34.4 Å². The van der Waals surface area contributed by atoms with Crippen LogP contribution in [0.1, 0.15) is 36.7 Å². The lowest BCUT2D eigenvalue weighted by atomic mass is 9.96. The summed E-state index contributed by atoms with van der Waals surface area (Å²) in [6.45, 7) is 2.71. The molecule has 1 aliphatic rings. The molecule has 2 heterocycles. The van der Waals surface area contributed by atoms with E-state index in [0.717, 1.165) is 25.8 Å². The minimum Gasteiger partial charge on any atom is -0.333 e. The Bertz CT molecular complexity index is 419. The van der Waals surface area contributed by atoms with Gasteiger partial charge in [0.25, 0.3) is 5.91 Å². The van der Waals surface area contributed by atoms with E-state index in [9.17, 15) is 4.79 Å². The van der Waals surface area contributed by atoms with Crippen molar-refractivity contribution in [1.82, 2.24) is 9.88 Å². The highest BCUT2D eigenvalue weighted by molar-refractivity contribution is 6.30. The summed E-state index contributed by atoms with van der Waals surface area (Å²) in [4.78, 5) is 18.3. The summed E-state index contributed by atoms with van der Waals surface area (Å²) in [6, 6.07) is 3.45. The van der Waals surface area contributed by atoms with Gasteiger partial charge in [-0.2, -0.15) is 0 Å². The van der Waals surface area contributed by atoms with Gasteiger partial charge in [-0.1, -0.05) is 11.6 Å². The van der Waals surface area contributed by atoms with E-state index >= 15 is 0 Å². The summed E-state index contributed by atoms with van der Waals surface area (Å²) < 4.78 is 0. The van der Waals surface area contributed by atoms with Crippen molar-refractivity contribution in [2.75, 3.05) is 6.54 Å². The number of halogens is 1. The number of carbonyl (C=O) groups excluding carboxylic acids is 1. The lowest BCUT2D eigenvalue weighted by molar-refractivity contribution is 0.0578. The highest BCUT2D eigenvalue weighted by Crippen LogP contribution is 2.21. The van der Waals surface area contributed by atoms with Crippen LogP contribution in [-0.2, 0) is 0 Å². The Morgan fingerprint density at radius 1 is 1.56 bits per heavy atom. The smallest absolute Gasteiger partial charge is 0.272 e. The number of likely N-dealkylation sites (tertiary alicyclic amines) is 1. The van der Waals surface area contributed by atoms with Crippen molar-refractivity contribution in [3.8, 4) is 0 Å². The molecular weight excluding hydrogens is 250 g/mol. The van der Waals surface area contributed by atoms with Crippen LogP contribution in [0.5, 0.6) is 0 Å². The van der Waals surface area contributed by atoms with E-state index in [1.807, 2.05) is 11.8 Å². The first-order valence-corrected chi connectivity index (χ1v) is 6.65. The van der Waals surface area contributed by atoms with Crippen LogP contribution in [0.25, 0.3) is 0 Å². The van der Waals surface area contributed by atoms with Crippen molar-refractivity contribution >= 4 is 17.5 Å². The fraction of sp³-hybridized carbons (Fsp3) is 0.538. The molecule has 2 N–H and O–H groups in total. The zero-order chi connectivity index (χ0) is 13.1. The van der Waals surface area contributed by atoms with Crippen LogP contribution in [0.3, 0.4) is 0 Å². The fourth-order valence-corrected chi connectivity index (χ4v) is 2.52. The predicted octanol–water partition coefficient (Wildman–Crippen LogP) is 2.08. The molecule has 0 saturated carbocycles. The molecule has 0 radical (unpaired) electrons. The number of carbonyl (C=O) groups is 1. The maximum atomic E-state index is 12.4. The van der Waals surface area contributed by atoms with E-state index in [1.54, 1.807) is 12.1 Å². The molecule has 1 aromatic rings. The lowest BCUT2D eigenvalue weighted by Crippen LogP contribution is -2.51. The van der Waals surface area contributed by atoms with Gasteiger partial charge in [-0.15, -0.1) is 0 Å². The SMILES string of the molecule is C[C@@H](N)[C@@H]1CCCCN1C(=O)c1ccc(Cl)cn1. The molecule has 0 spiro atoms. The molecule has 1 fully saturated rings. The largest absolute Gasteiger partial charge is 0.333 e. The average molecular weight is 268 g/mol. The zero-order valence-electron chi connectivity index (χ0n) is 10.5. The van der Waals surface area contributed by atoms with Crippen molar-refractivity contribution in [2.45, 2.75) is 38.3 Å². The third-order valence-electron chi connectivity index (χ3n) is 3.36. The Morgan fingerprint density at radius 2 is 2.33 bits per heavy atom. The number of piperidine rings is 1. The van der Waals surface area contributed by atoms with Gasteiger partial charge in [-0.25, -0.2) is 4.98 Å². The average Bonchev–Trinajstić information content (AvgIpc) is 2.39. The highest BCUT2D eigenvalue weighted by Gasteiger charge is 2.30. The van der Waals surface area contributed by atoms with Crippen molar-refractivity contribution in [2.24, 2.45) is 5.73 Å². The van der Waals surface area contributed by atoms with Gasteiger partial charge >= 0.3 is 0 Å². The van der Waals surface area contributed by atoms with Crippen LogP contribution in [0.15, 0.2) is 18.3 Å². The number of nitrogens with two attached hydrogens (primary N) is 1. The number of amides is 1. The molecule has 0 aliphatic carbocycles. The van der Waals surface area contributed by atoms with E-state index in [0.29, 0.717) is 10.7 Å². The first-order valence-electron chi connectivity index (χ1n) is 6.27. The molecule has 1 saturated heterocycles. The molecule has 2 rings (SSSR count). The van der Waals surface area contributed by atoms with Gasteiger partial charge in [-0.3, -0.25) is 4.79 Å². The second-order valence-corrected chi connectivity index (χ2v) is 5.22. The molecule has 0 bridgehead atoms. The Balaban J connectivity index is 2.18. The molecule has 18 heavy (non-hydrogen) atoms.